The zero-order valence-corrected chi connectivity index (χ0v) is 14.2. The van der Waals surface area contributed by atoms with E-state index in [1.165, 1.54) is 23.5 Å². The van der Waals surface area contributed by atoms with Gasteiger partial charge in [-0.1, -0.05) is 29.5 Å². The van der Waals surface area contributed by atoms with E-state index in [1.807, 2.05) is 30.3 Å². The van der Waals surface area contributed by atoms with E-state index in [0.717, 1.165) is 21.6 Å². The van der Waals surface area contributed by atoms with Gasteiger partial charge in [0.2, 0.25) is 10.8 Å². The third-order valence-electron chi connectivity index (χ3n) is 3.98. The summed E-state index contributed by atoms with van der Waals surface area (Å²) in [4.78, 5) is 4.03. The summed E-state index contributed by atoms with van der Waals surface area (Å²) >= 11 is 1.41. The van der Waals surface area contributed by atoms with Crippen molar-refractivity contribution >= 4 is 27.2 Å². The van der Waals surface area contributed by atoms with Gasteiger partial charge < -0.3 is 9.72 Å². The highest BCUT2D eigenvalue weighted by atomic mass is 32.1. The molecule has 5 aromatic rings. The number of fused-ring (bicyclic) bond motifs is 2. The molecule has 0 spiro atoms. The Kier molecular flexibility index (Phi) is 3.42. The summed E-state index contributed by atoms with van der Waals surface area (Å²) in [6, 6.07) is 16.0. The summed E-state index contributed by atoms with van der Waals surface area (Å²) in [5, 5.41) is 14.8. The molecule has 1 N–H and O–H groups in total. The minimum absolute atomic E-state index is 0.284. The molecule has 3 heterocycles. The van der Waals surface area contributed by atoms with E-state index < -0.39 is 0 Å². The number of H-pyrrole nitrogens is 1. The number of aromatic amines is 1. The van der Waals surface area contributed by atoms with Gasteiger partial charge in [-0.2, -0.15) is 9.61 Å². The van der Waals surface area contributed by atoms with Crippen molar-refractivity contribution in [3.63, 3.8) is 0 Å². The SMILES string of the molecule is Fc1ccc(OCc2nn3c(-c4cc5ccccc5[nH]4)nnc3s2)cc1. The number of ether oxygens (including phenoxy) is 1. The van der Waals surface area contributed by atoms with Crippen molar-refractivity contribution in [2.45, 2.75) is 6.61 Å². The van der Waals surface area contributed by atoms with E-state index in [9.17, 15) is 4.39 Å². The van der Waals surface area contributed by atoms with E-state index in [-0.39, 0.29) is 12.4 Å². The van der Waals surface area contributed by atoms with Gasteiger partial charge in [0.05, 0.1) is 5.69 Å². The molecule has 0 aliphatic carbocycles. The van der Waals surface area contributed by atoms with Crippen molar-refractivity contribution in [3.05, 3.63) is 65.4 Å². The molecule has 0 aliphatic rings. The van der Waals surface area contributed by atoms with Gasteiger partial charge in [0, 0.05) is 10.9 Å². The van der Waals surface area contributed by atoms with Crippen LogP contribution < -0.4 is 4.74 Å². The molecule has 0 fully saturated rings. The van der Waals surface area contributed by atoms with E-state index in [4.69, 9.17) is 4.74 Å². The first-order chi connectivity index (χ1) is 12.8. The van der Waals surface area contributed by atoms with E-state index in [2.05, 4.69) is 20.3 Å². The zero-order chi connectivity index (χ0) is 17.5. The minimum Gasteiger partial charge on any atom is -0.486 e. The summed E-state index contributed by atoms with van der Waals surface area (Å²) < 4.78 is 20.3. The van der Waals surface area contributed by atoms with Gasteiger partial charge in [-0.3, -0.25) is 0 Å². The lowest BCUT2D eigenvalue weighted by atomic mass is 10.2. The van der Waals surface area contributed by atoms with Gasteiger partial charge in [0.25, 0.3) is 0 Å². The molecule has 5 rings (SSSR count). The van der Waals surface area contributed by atoms with E-state index >= 15 is 0 Å². The Bertz CT molecular complexity index is 1170. The van der Waals surface area contributed by atoms with Crippen molar-refractivity contribution in [3.8, 4) is 17.3 Å². The second kappa shape index (κ2) is 5.92. The highest BCUT2D eigenvalue weighted by molar-refractivity contribution is 7.16. The summed E-state index contributed by atoms with van der Waals surface area (Å²) in [6.45, 7) is 0.284. The maximum absolute atomic E-state index is 12.9. The molecule has 0 unspecified atom stereocenters. The average molecular weight is 365 g/mol. The number of para-hydroxylation sites is 1. The molecule has 0 radical (unpaired) electrons. The molecule has 0 aliphatic heterocycles. The highest BCUT2D eigenvalue weighted by Gasteiger charge is 2.15. The molecule has 0 saturated carbocycles. The fraction of sp³-hybridized carbons (Fsp3) is 0.0556. The maximum atomic E-state index is 12.9. The first kappa shape index (κ1) is 15.0. The summed E-state index contributed by atoms with van der Waals surface area (Å²) in [7, 11) is 0. The number of nitrogens with one attached hydrogen (secondary N) is 1. The van der Waals surface area contributed by atoms with Crippen LogP contribution in [0.1, 0.15) is 5.01 Å². The summed E-state index contributed by atoms with van der Waals surface area (Å²) in [5.41, 5.74) is 1.89. The smallest absolute Gasteiger partial charge is 0.235 e. The largest absolute Gasteiger partial charge is 0.486 e. The van der Waals surface area contributed by atoms with Gasteiger partial charge >= 0.3 is 0 Å². The standard InChI is InChI=1S/C18H12FN5OS/c19-12-5-7-13(8-6-12)25-10-16-23-24-17(21-22-18(24)26-16)15-9-11-3-1-2-4-14(11)20-15/h1-9,20H,10H2. The van der Waals surface area contributed by atoms with Crippen LogP contribution >= 0.6 is 11.3 Å². The van der Waals surface area contributed by atoms with Crippen molar-refractivity contribution in [2.24, 2.45) is 0 Å². The average Bonchev–Trinajstić information content (AvgIpc) is 3.34. The van der Waals surface area contributed by atoms with E-state index in [0.29, 0.717) is 16.5 Å². The second-order valence-electron chi connectivity index (χ2n) is 5.73. The van der Waals surface area contributed by atoms with Crippen molar-refractivity contribution < 1.29 is 9.13 Å². The zero-order valence-electron chi connectivity index (χ0n) is 13.4. The molecule has 3 aromatic heterocycles. The van der Waals surface area contributed by atoms with Crippen LogP contribution in [0, 0.1) is 5.82 Å². The van der Waals surface area contributed by atoms with Crippen molar-refractivity contribution in [2.75, 3.05) is 0 Å². The fourth-order valence-corrected chi connectivity index (χ4v) is 3.50. The Balaban J connectivity index is 1.44. The summed E-state index contributed by atoms with van der Waals surface area (Å²) in [6.07, 6.45) is 0. The molecule has 26 heavy (non-hydrogen) atoms. The quantitative estimate of drug-likeness (QED) is 0.522. The van der Waals surface area contributed by atoms with Crippen LogP contribution in [0.15, 0.2) is 54.6 Å². The molecule has 0 amide bonds. The van der Waals surface area contributed by atoms with Crippen molar-refractivity contribution in [1.82, 2.24) is 24.8 Å². The molecule has 0 saturated heterocycles. The number of halogens is 1. The van der Waals surface area contributed by atoms with Crippen LogP contribution in [0.4, 0.5) is 4.39 Å². The molecule has 8 heteroatoms. The molecule has 2 aromatic carbocycles. The lowest BCUT2D eigenvalue weighted by Crippen LogP contribution is -1.97. The Hall–Kier alpha value is -3.26. The highest BCUT2D eigenvalue weighted by Crippen LogP contribution is 2.25. The first-order valence-corrected chi connectivity index (χ1v) is 8.75. The normalized spacial score (nSPS) is 11.4. The van der Waals surface area contributed by atoms with Gasteiger partial charge in [0.1, 0.15) is 18.2 Å². The van der Waals surface area contributed by atoms with Crippen LogP contribution in [-0.2, 0) is 6.61 Å². The summed E-state index contributed by atoms with van der Waals surface area (Å²) in [5.74, 6) is 0.952. The minimum atomic E-state index is -0.292. The number of rotatable bonds is 4. The van der Waals surface area contributed by atoms with Crippen LogP contribution in [0.2, 0.25) is 0 Å². The number of nitrogens with zero attached hydrogens (tertiary/aromatic N) is 4. The Morgan fingerprint density at radius 3 is 2.77 bits per heavy atom. The van der Waals surface area contributed by atoms with Gasteiger partial charge in [0.15, 0.2) is 5.01 Å². The topological polar surface area (TPSA) is 68.1 Å². The Morgan fingerprint density at radius 2 is 1.92 bits per heavy atom. The van der Waals surface area contributed by atoms with Crippen LogP contribution in [-0.4, -0.2) is 24.8 Å². The lowest BCUT2D eigenvalue weighted by molar-refractivity contribution is 0.303. The molecule has 6 nitrogen and oxygen atoms in total. The predicted octanol–water partition coefficient (Wildman–Crippen LogP) is 4.05. The Labute approximate surface area is 150 Å². The molecular formula is C18H12FN5OS. The van der Waals surface area contributed by atoms with Gasteiger partial charge in [-0.05, 0) is 36.4 Å². The maximum Gasteiger partial charge on any atom is 0.235 e. The second-order valence-corrected chi connectivity index (χ2v) is 6.77. The molecule has 128 valence electrons. The van der Waals surface area contributed by atoms with Crippen LogP contribution in [0.25, 0.3) is 27.4 Å². The van der Waals surface area contributed by atoms with E-state index in [1.54, 1.807) is 16.6 Å². The third kappa shape index (κ3) is 2.60. The number of hydrogen-bond acceptors (Lipinski definition) is 5. The molecule has 0 bridgehead atoms. The first-order valence-electron chi connectivity index (χ1n) is 7.94. The number of aromatic nitrogens is 5. The lowest BCUT2D eigenvalue weighted by Gasteiger charge is -2.02. The number of hydrogen-bond donors (Lipinski definition) is 1. The number of benzene rings is 2. The third-order valence-corrected chi connectivity index (χ3v) is 4.85. The Morgan fingerprint density at radius 1 is 1.08 bits per heavy atom. The monoisotopic (exact) mass is 365 g/mol. The van der Waals surface area contributed by atoms with Crippen LogP contribution in [0.3, 0.4) is 0 Å². The van der Waals surface area contributed by atoms with Gasteiger partial charge in [-0.15, -0.1) is 10.2 Å². The van der Waals surface area contributed by atoms with Crippen LogP contribution in [0.5, 0.6) is 5.75 Å². The molecular weight excluding hydrogens is 353 g/mol. The molecule has 0 atom stereocenters. The fourth-order valence-electron chi connectivity index (χ4n) is 2.75. The van der Waals surface area contributed by atoms with Crippen molar-refractivity contribution in [1.29, 1.82) is 0 Å². The van der Waals surface area contributed by atoms with Gasteiger partial charge in [-0.25, -0.2) is 4.39 Å². The predicted molar refractivity (Wildman–Crippen MR) is 96.7 cm³/mol.